The van der Waals surface area contributed by atoms with E-state index in [9.17, 15) is 4.79 Å². The molecule has 0 saturated heterocycles. The average molecular weight is 176 g/mol. The second kappa shape index (κ2) is 4.42. The van der Waals surface area contributed by atoms with Gasteiger partial charge < -0.3 is 5.02 Å². The molecule has 1 heterocycles. The third-order valence-electron chi connectivity index (χ3n) is 1.58. The summed E-state index contributed by atoms with van der Waals surface area (Å²) in [6.07, 6.45) is 1.64. The van der Waals surface area contributed by atoms with Gasteiger partial charge in [0.15, 0.2) is 0 Å². The van der Waals surface area contributed by atoms with E-state index in [1.165, 1.54) is 0 Å². The minimum absolute atomic E-state index is 0.136. The SMILES string of the molecule is BO.O=c1[nH]ncc2ccccc12. The third-order valence-corrected chi connectivity index (χ3v) is 1.58. The monoisotopic (exact) mass is 176 g/mol. The van der Waals surface area contributed by atoms with E-state index >= 15 is 0 Å². The zero-order valence-corrected chi connectivity index (χ0v) is 7.19. The average Bonchev–Trinajstić information content (AvgIpc) is 2.22. The molecule has 0 unspecified atom stereocenters. The van der Waals surface area contributed by atoms with Gasteiger partial charge in [-0.05, 0) is 6.07 Å². The molecule has 0 spiro atoms. The zero-order valence-electron chi connectivity index (χ0n) is 7.19. The molecule has 4 nitrogen and oxygen atoms in total. The number of aromatic nitrogens is 2. The van der Waals surface area contributed by atoms with Crippen LogP contribution in [0.2, 0.25) is 0 Å². The van der Waals surface area contributed by atoms with Crippen LogP contribution >= 0.6 is 0 Å². The van der Waals surface area contributed by atoms with Gasteiger partial charge in [-0.15, -0.1) is 0 Å². The fraction of sp³-hybridized carbons (Fsp3) is 0. The van der Waals surface area contributed by atoms with E-state index in [0.29, 0.717) is 5.39 Å². The molecule has 2 rings (SSSR count). The maximum atomic E-state index is 11.1. The summed E-state index contributed by atoms with van der Waals surface area (Å²) in [7, 11) is 1.00. The number of rotatable bonds is 0. The van der Waals surface area contributed by atoms with Gasteiger partial charge in [0.2, 0.25) is 0 Å². The quantitative estimate of drug-likeness (QED) is 0.529. The number of H-pyrrole nitrogens is 1. The molecule has 0 bridgehead atoms. The number of nitrogens with one attached hydrogen (secondary N) is 1. The molecule has 0 fully saturated rings. The van der Waals surface area contributed by atoms with Gasteiger partial charge in [0.05, 0.1) is 6.20 Å². The molecule has 13 heavy (non-hydrogen) atoms. The van der Waals surface area contributed by atoms with Crippen molar-refractivity contribution in [3.63, 3.8) is 0 Å². The van der Waals surface area contributed by atoms with Crippen molar-refractivity contribution in [2.24, 2.45) is 0 Å². The molecule has 0 atom stereocenters. The highest BCUT2D eigenvalue weighted by molar-refractivity contribution is 5.95. The van der Waals surface area contributed by atoms with E-state index in [-0.39, 0.29) is 5.56 Å². The molecule has 0 aliphatic rings. The number of benzene rings is 1. The van der Waals surface area contributed by atoms with E-state index in [2.05, 4.69) is 10.2 Å². The second-order valence-electron chi connectivity index (χ2n) is 2.29. The van der Waals surface area contributed by atoms with Crippen LogP contribution in [-0.4, -0.2) is 23.3 Å². The van der Waals surface area contributed by atoms with Crippen LogP contribution in [0.15, 0.2) is 35.3 Å². The lowest BCUT2D eigenvalue weighted by molar-refractivity contribution is 0.629. The summed E-state index contributed by atoms with van der Waals surface area (Å²) in [5.41, 5.74) is -0.136. The van der Waals surface area contributed by atoms with Crippen molar-refractivity contribution in [1.29, 1.82) is 0 Å². The summed E-state index contributed by atoms with van der Waals surface area (Å²) in [5.74, 6) is 0. The Kier molecular flexibility index (Phi) is 3.22. The van der Waals surface area contributed by atoms with E-state index in [4.69, 9.17) is 5.02 Å². The molecule has 0 amide bonds. The van der Waals surface area contributed by atoms with Gasteiger partial charge in [-0.3, -0.25) is 4.79 Å². The Morgan fingerprint density at radius 1 is 1.31 bits per heavy atom. The zero-order chi connectivity index (χ0) is 9.68. The van der Waals surface area contributed by atoms with Crippen LogP contribution in [0.5, 0.6) is 0 Å². The summed E-state index contributed by atoms with van der Waals surface area (Å²) in [5, 5.41) is 14.6. The first kappa shape index (κ1) is 9.47. The second-order valence-corrected chi connectivity index (χ2v) is 2.29. The first-order valence-electron chi connectivity index (χ1n) is 3.75. The van der Waals surface area contributed by atoms with Gasteiger partial charge in [0, 0.05) is 10.8 Å². The first-order chi connectivity index (χ1) is 6.38. The van der Waals surface area contributed by atoms with Gasteiger partial charge in [-0.2, -0.15) is 5.10 Å². The largest absolute Gasteiger partial charge is 0.458 e. The van der Waals surface area contributed by atoms with Crippen molar-refractivity contribution in [1.82, 2.24) is 10.2 Å². The number of aromatic amines is 1. The predicted octanol–water partition coefficient (Wildman–Crippen LogP) is -0.550. The van der Waals surface area contributed by atoms with Crippen LogP contribution in [0.25, 0.3) is 10.8 Å². The van der Waals surface area contributed by atoms with Gasteiger partial charge in [0.25, 0.3) is 13.6 Å². The lowest BCUT2D eigenvalue weighted by Gasteiger charge is -1.91. The number of hydrogen-bond donors (Lipinski definition) is 2. The summed E-state index contributed by atoms with van der Waals surface area (Å²) >= 11 is 0. The highest BCUT2D eigenvalue weighted by atomic mass is 16.2. The van der Waals surface area contributed by atoms with Gasteiger partial charge in [-0.1, -0.05) is 18.2 Å². The van der Waals surface area contributed by atoms with Gasteiger partial charge in [-0.25, -0.2) is 5.10 Å². The van der Waals surface area contributed by atoms with Crippen molar-refractivity contribution < 1.29 is 5.02 Å². The van der Waals surface area contributed by atoms with Crippen LogP contribution < -0.4 is 5.56 Å². The molecule has 0 radical (unpaired) electrons. The van der Waals surface area contributed by atoms with Crippen LogP contribution in [0, 0.1) is 0 Å². The lowest BCUT2D eigenvalue weighted by Crippen LogP contribution is -2.06. The predicted molar refractivity (Wildman–Crippen MR) is 53.1 cm³/mol. The Hall–Kier alpha value is -1.62. The van der Waals surface area contributed by atoms with E-state index in [1.54, 1.807) is 12.3 Å². The van der Waals surface area contributed by atoms with Gasteiger partial charge in [0.1, 0.15) is 0 Å². The highest BCUT2D eigenvalue weighted by Gasteiger charge is 1.93. The third kappa shape index (κ3) is 1.94. The molecule has 0 aliphatic carbocycles. The maximum absolute atomic E-state index is 11.1. The van der Waals surface area contributed by atoms with Crippen molar-refractivity contribution >= 4 is 18.8 Å². The number of nitrogens with zero attached hydrogens (tertiary/aromatic N) is 1. The number of hydrogen-bond acceptors (Lipinski definition) is 3. The molecular formula is C8H9BN2O2. The van der Waals surface area contributed by atoms with Crippen molar-refractivity contribution in [2.45, 2.75) is 0 Å². The minimum Gasteiger partial charge on any atom is -0.458 e. The Bertz CT molecular complexity index is 436. The van der Waals surface area contributed by atoms with E-state index in [0.717, 1.165) is 13.4 Å². The summed E-state index contributed by atoms with van der Waals surface area (Å²) in [4.78, 5) is 11.1. The Balaban J connectivity index is 0.000000396. The molecule has 1 aromatic carbocycles. The Morgan fingerprint density at radius 3 is 2.69 bits per heavy atom. The molecule has 5 heteroatoms. The molecule has 0 aliphatic heterocycles. The lowest BCUT2D eigenvalue weighted by atomic mass is 10.2. The van der Waals surface area contributed by atoms with Crippen LogP contribution in [-0.2, 0) is 0 Å². The first-order valence-corrected chi connectivity index (χ1v) is 3.75. The highest BCUT2D eigenvalue weighted by Crippen LogP contribution is 2.04. The molecule has 66 valence electrons. The topological polar surface area (TPSA) is 66.0 Å². The molecule has 2 aromatic rings. The van der Waals surface area contributed by atoms with Crippen LogP contribution in [0.3, 0.4) is 0 Å². The smallest absolute Gasteiger partial charge is 0.272 e. The van der Waals surface area contributed by atoms with E-state index < -0.39 is 0 Å². The summed E-state index contributed by atoms with van der Waals surface area (Å²) < 4.78 is 0. The molecule has 2 N–H and O–H groups in total. The Labute approximate surface area is 75.7 Å². The summed E-state index contributed by atoms with van der Waals surface area (Å²) in [6, 6.07) is 7.34. The maximum Gasteiger partial charge on any atom is 0.272 e. The fourth-order valence-corrected chi connectivity index (χ4v) is 1.04. The molecule has 0 saturated carbocycles. The molecular weight excluding hydrogens is 167 g/mol. The van der Waals surface area contributed by atoms with E-state index in [1.807, 2.05) is 18.2 Å². The van der Waals surface area contributed by atoms with Crippen LogP contribution in [0.1, 0.15) is 0 Å². The normalized spacial score (nSPS) is 9.00. The summed E-state index contributed by atoms with van der Waals surface area (Å²) in [6.45, 7) is 0. The van der Waals surface area contributed by atoms with Crippen LogP contribution in [0.4, 0.5) is 0 Å². The van der Waals surface area contributed by atoms with Crippen molar-refractivity contribution in [2.75, 3.05) is 0 Å². The molecule has 1 aromatic heterocycles. The Morgan fingerprint density at radius 2 is 2.00 bits per heavy atom. The fourth-order valence-electron chi connectivity index (χ4n) is 1.04. The van der Waals surface area contributed by atoms with Crippen molar-refractivity contribution in [3.05, 3.63) is 40.8 Å². The van der Waals surface area contributed by atoms with Gasteiger partial charge >= 0.3 is 0 Å². The number of fused-ring (bicyclic) bond motifs is 1. The van der Waals surface area contributed by atoms with Crippen molar-refractivity contribution in [3.8, 4) is 0 Å². The minimum atomic E-state index is -0.136. The standard InChI is InChI=1S/C8H6N2O.BH3O/c11-8-7-4-2-1-3-6(7)5-9-10-8;1-2/h1-5H,(H,10,11);2H,1H2.